The molecule has 0 bridgehead atoms. The van der Waals surface area contributed by atoms with E-state index >= 15 is 0 Å². The summed E-state index contributed by atoms with van der Waals surface area (Å²) >= 11 is 1.84. The summed E-state index contributed by atoms with van der Waals surface area (Å²) in [6, 6.07) is 4.33. The lowest BCUT2D eigenvalue weighted by atomic mass is 10.1. The topological polar surface area (TPSA) is 29.3 Å². The van der Waals surface area contributed by atoms with Gasteiger partial charge in [0.25, 0.3) is 0 Å². The summed E-state index contributed by atoms with van der Waals surface area (Å²) in [5, 5.41) is 2.14. The van der Waals surface area contributed by atoms with Gasteiger partial charge in [0.15, 0.2) is 0 Å². The van der Waals surface area contributed by atoms with Gasteiger partial charge in [0, 0.05) is 18.0 Å². The van der Waals surface area contributed by atoms with Crippen LogP contribution in [0.5, 0.6) is 0 Å². The Bertz CT molecular complexity index is 242. The van der Waals surface area contributed by atoms with Crippen LogP contribution >= 0.6 is 11.3 Å². The van der Waals surface area contributed by atoms with Crippen molar-refractivity contribution in [3.8, 4) is 0 Å². The molecule has 0 fully saturated rings. The smallest absolute Gasteiger partial charge is 0.00579 e. The van der Waals surface area contributed by atoms with Gasteiger partial charge in [-0.15, -0.1) is 11.3 Å². The van der Waals surface area contributed by atoms with Gasteiger partial charge in [-0.05, 0) is 37.4 Å². The highest BCUT2D eigenvalue weighted by atomic mass is 32.1. The van der Waals surface area contributed by atoms with Crippen molar-refractivity contribution in [3.63, 3.8) is 0 Å². The van der Waals surface area contributed by atoms with E-state index in [1.54, 1.807) is 0 Å². The number of thiophene rings is 1. The Balaban J connectivity index is 2.21. The summed E-state index contributed by atoms with van der Waals surface area (Å²) in [7, 11) is 2.19. The van der Waals surface area contributed by atoms with Gasteiger partial charge in [-0.25, -0.2) is 0 Å². The maximum atomic E-state index is 5.70. The second-order valence-electron chi connectivity index (χ2n) is 4.10. The highest BCUT2D eigenvalue weighted by Gasteiger charge is 2.07. The Labute approximate surface area is 97.1 Å². The van der Waals surface area contributed by atoms with Gasteiger partial charge in [-0.3, -0.25) is 0 Å². The van der Waals surface area contributed by atoms with Crippen molar-refractivity contribution in [2.75, 3.05) is 26.7 Å². The molecule has 2 N–H and O–H groups in total. The fourth-order valence-electron chi connectivity index (χ4n) is 1.66. The monoisotopic (exact) mass is 226 g/mol. The van der Waals surface area contributed by atoms with Crippen LogP contribution in [0.1, 0.15) is 18.2 Å². The molecule has 1 atom stereocenters. The van der Waals surface area contributed by atoms with Crippen molar-refractivity contribution >= 4 is 11.3 Å². The van der Waals surface area contributed by atoms with E-state index in [0.29, 0.717) is 5.92 Å². The van der Waals surface area contributed by atoms with Gasteiger partial charge in [0.1, 0.15) is 0 Å². The molecule has 1 aromatic rings. The van der Waals surface area contributed by atoms with Gasteiger partial charge in [0.2, 0.25) is 0 Å². The molecule has 0 aliphatic heterocycles. The molecular weight excluding hydrogens is 204 g/mol. The van der Waals surface area contributed by atoms with Crippen molar-refractivity contribution in [2.24, 2.45) is 11.7 Å². The normalized spacial score (nSPS) is 13.3. The largest absolute Gasteiger partial charge is 0.330 e. The molecule has 1 unspecified atom stereocenters. The molecule has 0 aliphatic rings. The highest BCUT2D eigenvalue weighted by Crippen LogP contribution is 2.10. The molecule has 1 aromatic heterocycles. The maximum absolute atomic E-state index is 5.70. The molecule has 0 aromatic carbocycles. The van der Waals surface area contributed by atoms with Crippen molar-refractivity contribution in [2.45, 2.75) is 19.8 Å². The first-order valence-corrected chi connectivity index (χ1v) is 6.55. The minimum atomic E-state index is 0.651. The third-order valence-electron chi connectivity index (χ3n) is 2.80. The predicted octanol–water partition coefficient (Wildman–Crippen LogP) is 2.21. The van der Waals surface area contributed by atoms with Crippen LogP contribution in [0, 0.1) is 5.92 Å². The molecule has 0 aliphatic carbocycles. The summed E-state index contributed by atoms with van der Waals surface area (Å²) in [5.74, 6) is 0.651. The zero-order valence-corrected chi connectivity index (χ0v) is 10.6. The summed E-state index contributed by atoms with van der Waals surface area (Å²) in [5.41, 5.74) is 5.70. The average molecular weight is 226 g/mol. The number of hydrogen-bond acceptors (Lipinski definition) is 3. The van der Waals surface area contributed by atoms with E-state index in [1.807, 2.05) is 11.3 Å². The Morgan fingerprint density at radius 3 is 2.87 bits per heavy atom. The molecule has 2 nitrogen and oxygen atoms in total. The van der Waals surface area contributed by atoms with E-state index in [2.05, 4.69) is 36.4 Å². The standard InChI is InChI=1S/C12H22N2S/c1-3-11(9-13)10-14(2)7-6-12-5-4-8-15-12/h4-5,8,11H,3,6-7,9-10,13H2,1-2H3. The number of nitrogens with zero attached hydrogens (tertiary/aromatic N) is 1. The number of rotatable bonds is 7. The second-order valence-corrected chi connectivity index (χ2v) is 5.13. The number of nitrogens with two attached hydrogens (primary N) is 1. The van der Waals surface area contributed by atoms with Crippen LogP contribution in [0.15, 0.2) is 17.5 Å². The fourth-order valence-corrected chi connectivity index (χ4v) is 2.36. The number of likely N-dealkylation sites (N-methyl/N-ethyl adjacent to an activating group) is 1. The van der Waals surface area contributed by atoms with Gasteiger partial charge in [-0.1, -0.05) is 19.4 Å². The van der Waals surface area contributed by atoms with Crippen molar-refractivity contribution < 1.29 is 0 Å². The molecule has 86 valence electrons. The van der Waals surface area contributed by atoms with Crippen LogP contribution in [0.25, 0.3) is 0 Å². The molecule has 0 radical (unpaired) electrons. The third kappa shape index (κ3) is 4.78. The second kappa shape index (κ2) is 6.99. The van der Waals surface area contributed by atoms with Crippen LogP contribution in [0.2, 0.25) is 0 Å². The first kappa shape index (κ1) is 12.7. The van der Waals surface area contributed by atoms with Crippen LogP contribution in [-0.4, -0.2) is 31.6 Å². The molecule has 0 saturated heterocycles. The molecule has 1 heterocycles. The summed E-state index contributed by atoms with van der Waals surface area (Å²) in [6.45, 7) is 5.28. The van der Waals surface area contributed by atoms with Crippen LogP contribution in [0.3, 0.4) is 0 Å². The lowest BCUT2D eigenvalue weighted by Crippen LogP contribution is -2.31. The molecular formula is C12H22N2S. The van der Waals surface area contributed by atoms with E-state index in [-0.39, 0.29) is 0 Å². The zero-order valence-electron chi connectivity index (χ0n) is 9.78. The molecule has 0 amide bonds. The Morgan fingerprint density at radius 2 is 2.33 bits per heavy atom. The van der Waals surface area contributed by atoms with E-state index in [1.165, 1.54) is 11.3 Å². The summed E-state index contributed by atoms with van der Waals surface area (Å²) in [6.07, 6.45) is 2.34. The van der Waals surface area contributed by atoms with E-state index in [0.717, 1.165) is 26.1 Å². The van der Waals surface area contributed by atoms with Crippen molar-refractivity contribution in [1.82, 2.24) is 4.90 Å². The zero-order chi connectivity index (χ0) is 11.1. The minimum absolute atomic E-state index is 0.651. The van der Waals surface area contributed by atoms with Crippen LogP contribution in [-0.2, 0) is 6.42 Å². The predicted molar refractivity (Wildman–Crippen MR) is 68.4 cm³/mol. The first-order chi connectivity index (χ1) is 7.26. The van der Waals surface area contributed by atoms with Gasteiger partial charge in [-0.2, -0.15) is 0 Å². The van der Waals surface area contributed by atoms with Gasteiger partial charge in [0.05, 0.1) is 0 Å². The third-order valence-corrected chi connectivity index (χ3v) is 3.74. The van der Waals surface area contributed by atoms with Crippen LogP contribution in [0.4, 0.5) is 0 Å². The van der Waals surface area contributed by atoms with Gasteiger partial charge < -0.3 is 10.6 Å². The molecule has 3 heteroatoms. The summed E-state index contributed by atoms with van der Waals surface area (Å²) in [4.78, 5) is 3.86. The Kier molecular flexibility index (Phi) is 5.91. The Hall–Kier alpha value is -0.380. The lowest BCUT2D eigenvalue weighted by Gasteiger charge is -2.21. The van der Waals surface area contributed by atoms with E-state index < -0.39 is 0 Å². The SMILES string of the molecule is CCC(CN)CN(C)CCc1cccs1. The minimum Gasteiger partial charge on any atom is -0.330 e. The highest BCUT2D eigenvalue weighted by molar-refractivity contribution is 7.09. The molecule has 0 spiro atoms. The average Bonchev–Trinajstić information content (AvgIpc) is 2.75. The van der Waals surface area contributed by atoms with E-state index in [9.17, 15) is 0 Å². The van der Waals surface area contributed by atoms with E-state index in [4.69, 9.17) is 5.73 Å². The fraction of sp³-hybridized carbons (Fsp3) is 0.667. The van der Waals surface area contributed by atoms with Gasteiger partial charge >= 0.3 is 0 Å². The number of hydrogen-bond donors (Lipinski definition) is 1. The first-order valence-electron chi connectivity index (χ1n) is 5.67. The lowest BCUT2D eigenvalue weighted by molar-refractivity contribution is 0.278. The quantitative estimate of drug-likeness (QED) is 0.772. The summed E-state index contributed by atoms with van der Waals surface area (Å²) < 4.78 is 0. The molecule has 15 heavy (non-hydrogen) atoms. The maximum Gasteiger partial charge on any atom is 0.00579 e. The molecule has 0 saturated carbocycles. The Morgan fingerprint density at radius 1 is 1.53 bits per heavy atom. The van der Waals surface area contributed by atoms with Crippen molar-refractivity contribution in [3.05, 3.63) is 22.4 Å². The van der Waals surface area contributed by atoms with Crippen molar-refractivity contribution in [1.29, 1.82) is 0 Å². The van der Waals surface area contributed by atoms with Crippen LogP contribution < -0.4 is 5.73 Å². The molecule has 1 rings (SSSR count).